The Labute approximate surface area is 151 Å². The minimum Gasteiger partial charge on any atom is -0.460 e. The van der Waals surface area contributed by atoms with Gasteiger partial charge in [0.25, 0.3) is 6.43 Å². The third-order valence-corrected chi connectivity index (χ3v) is 4.01. The summed E-state index contributed by atoms with van der Waals surface area (Å²) in [7, 11) is 0. The average Bonchev–Trinajstić information content (AvgIpc) is 2.93. The minimum atomic E-state index is -2.86. The molecule has 0 unspecified atom stereocenters. The number of carbonyl (C=O) groups excluding carboxylic acids is 1. The summed E-state index contributed by atoms with van der Waals surface area (Å²) < 4.78 is 46.7. The molecular formula is C16H17BrF3N3O2. The predicted octanol–water partition coefficient (Wildman–Crippen LogP) is 3.77. The summed E-state index contributed by atoms with van der Waals surface area (Å²) in [4.78, 5) is 15.6. The molecule has 2 N–H and O–H groups in total. The smallest absolute Gasteiger partial charge is 0.374 e. The van der Waals surface area contributed by atoms with Crippen LogP contribution in [0.4, 0.5) is 13.2 Å². The molecule has 0 saturated carbocycles. The second kappa shape index (κ2) is 7.57. The first-order valence-corrected chi connectivity index (χ1v) is 8.21. The summed E-state index contributed by atoms with van der Waals surface area (Å²) in [6.07, 6.45) is -1.83. The van der Waals surface area contributed by atoms with Crippen molar-refractivity contribution in [3.05, 3.63) is 51.8 Å². The third kappa shape index (κ3) is 4.40. The van der Waals surface area contributed by atoms with E-state index < -0.39 is 29.4 Å². The van der Waals surface area contributed by atoms with Gasteiger partial charge in [0.2, 0.25) is 5.82 Å². The largest absolute Gasteiger partial charge is 0.460 e. The number of alkyl halides is 2. The molecule has 1 atom stereocenters. The third-order valence-electron chi connectivity index (χ3n) is 3.52. The molecule has 1 heterocycles. The molecule has 0 spiro atoms. The van der Waals surface area contributed by atoms with Gasteiger partial charge in [-0.05, 0) is 32.0 Å². The highest BCUT2D eigenvalue weighted by molar-refractivity contribution is 9.10. The number of halogens is 4. The molecule has 0 aliphatic rings. The van der Waals surface area contributed by atoms with E-state index in [0.717, 1.165) is 6.20 Å². The fraction of sp³-hybridized carbons (Fsp3) is 0.375. The fourth-order valence-corrected chi connectivity index (χ4v) is 2.76. The van der Waals surface area contributed by atoms with Gasteiger partial charge in [-0.15, -0.1) is 0 Å². The van der Waals surface area contributed by atoms with E-state index in [1.54, 1.807) is 6.92 Å². The molecule has 5 nitrogen and oxygen atoms in total. The van der Waals surface area contributed by atoms with Crippen LogP contribution in [0.3, 0.4) is 0 Å². The number of nitrogens with zero attached hydrogens (tertiary/aromatic N) is 2. The molecule has 0 fully saturated rings. The van der Waals surface area contributed by atoms with Crippen LogP contribution in [0.1, 0.15) is 42.1 Å². The van der Waals surface area contributed by atoms with E-state index in [2.05, 4.69) is 20.9 Å². The van der Waals surface area contributed by atoms with Crippen molar-refractivity contribution in [2.75, 3.05) is 6.61 Å². The number of benzene rings is 1. The maximum Gasteiger partial charge on any atom is 0.374 e. The number of rotatable bonds is 6. The van der Waals surface area contributed by atoms with Crippen molar-refractivity contribution in [2.24, 2.45) is 5.73 Å². The van der Waals surface area contributed by atoms with Crippen LogP contribution < -0.4 is 5.73 Å². The van der Waals surface area contributed by atoms with Crippen molar-refractivity contribution in [3.8, 4) is 0 Å². The van der Waals surface area contributed by atoms with E-state index in [4.69, 9.17) is 10.5 Å². The van der Waals surface area contributed by atoms with Crippen molar-refractivity contribution in [2.45, 2.75) is 32.4 Å². The maximum absolute atomic E-state index is 14.1. The zero-order valence-electron chi connectivity index (χ0n) is 13.6. The highest BCUT2D eigenvalue weighted by Gasteiger charge is 2.30. The number of carbonyl (C=O) groups is 1. The van der Waals surface area contributed by atoms with Crippen LogP contribution in [0.2, 0.25) is 0 Å². The fourth-order valence-electron chi connectivity index (χ4n) is 2.39. The molecule has 0 aliphatic carbocycles. The highest BCUT2D eigenvalue weighted by atomic mass is 79.9. The Kier molecular flexibility index (Phi) is 5.89. The summed E-state index contributed by atoms with van der Waals surface area (Å²) in [6.45, 7) is 3.04. The van der Waals surface area contributed by atoms with E-state index in [0.29, 0.717) is 4.47 Å². The van der Waals surface area contributed by atoms with Crippen molar-refractivity contribution in [1.82, 2.24) is 9.55 Å². The van der Waals surface area contributed by atoms with Crippen molar-refractivity contribution in [3.63, 3.8) is 0 Å². The molecule has 1 aromatic carbocycles. The van der Waals surface area contributed by atoms with Crippen LogP contribution >= 0.6 is 15.9 Å². The molecular weight excluding hydrogens is 403 g/mol. The number of aromatic nitrogens is 2. The van der Waals surface area contributed by atoms with Crippen LogP contribution in [0.25, 0.3) is 0 Å². The Hall–Kier alpha value is -1.87. The standard InChI is InChI=1S/C16H17BrF3N3O2/c1-3-25-15(24)14-22-12(13(19)20)7-23(14)8-16(2,21)10-6-9(17)4-5-11(10)18/h4-7,13H,3,8,21H2,1-2H3/t16-/m0/s1. The van der Waals surface area contributed by atoms with E-state index >= 15 is 0 Å². The van der Waals surface area contributed by atoms with Gasteiger partial charge < -0.3 is 15.0 Å². The van der Waals surface area contributed by atoms with Gasteiger partial charge in [-0.1, -0.05) is 15.9 Å². The molecule has 0 amide bonds. The Morgan fingerprint density at radius 2 is 2.16 bits per heavy atom. The Bertz CT molecular complexity index is 778. The molecule has 0 aliphatic heterocycles. The maximum atomic E-state index is 14.1. The summed E-state index contributed by atoms with van der Waals surface area (Å²) in [5.41, 5.74) is 4.53. The van der Waals surface area contributed by atoms with Gasteiger partial charge in [0.15, 0.2) is 0 Å². The lowest BCUT2D eigenvalue weighted by Gasteiger charge is -2.27. The quantitative estimate of drug-likeness (QED) is 0.723. The number of nitrogens with two attached hydrogens (primary N) is 1. The summed E-state index contributed by atoms with van der Waals surface area (Å²) in [5, 5.41) is 0. The Morgan fingerprint density at radius 3 is 2.76 bits per heavy atom. The van der Waals surface area contributed by atoms with Crippen LogP contribution in [0.15, 0.2) is 28.9 Å². The highest BCUT2D eigenvalue weighted by Crippen LogP contribution is 2.28. The molecule has 2 aromatic rings. The van der Waals surface area contributed by atoms with Crippen molar-refractivity contribution in [1.29, 1.82) is 0 Å². The first kappa shape index (κ1) is 19.5. The molecule has 0 saturated heterocycles. The lowest BCUT2D eigenvalue weighted by molar-refractivity contribution is 0.0504. The van der Waals surface area contributed by atoms with Crippen LogP contribution in [-0.4, -0.2) is 22.1 Å². The normalized spacial score (nSPS) is 13.8. The molecule has 0 bridgehead atoms. The van der Waals surface area contributed by atoms with Crippen molar-refractivity contribution >= 4 is 21.9 Å². The number of imidazole rings is 1. The van der Waals surface area contributed by atoms with E-state index in [9.17, 15) is 18.0 Å². The summed E-state index contributed by atoms with van der Waals surface area (Å²) >= 11 is 3.24. The van der Waals surface area contributed by atoms with E-state index in [-0.39, 0.29) is 24.5 Å². The number of ether oxygens (including phenoxy) is 1. The zero-order valence-corrected chi connectivity index (χ0v) is 15.2. The van der Waals surface area contributed by atoms with Crippen LogP contribution in [0.5, 0.6) is 0 Å². The number of hydrogen-bond donors (Lipinski definition) is 1. The summed E-state index contributed by atoms with van der Waals surface area (Å²) in [5.74, 6) is -1.69. The van der Waals surface area contributed by atoms with Gasteiger partial charge >= 0.3 is 5.97 Å². The van der Waals surface area contributed by atoms with E-state index in [1.807, 2.05) is 0 Å². The molecule has 1 aromatic heterocycles. The first-order valence-electron chi connectivity index (χ1n) is 7.42. The lowest BCUT2D eigenvalue weighted by Crippen LogP contribution is -2.39. The SMILES string of the molecule is CCOC(=O)c1nc(C(F)F)cn1C[C@](C)(N)c1cc(Br)ccc1F. The lowest BCUT2D eigenvalue weighted by atomic mass is 9.92. The molecule has 136 valence electrons. The molecule has 2 rings (SSSR count). The van der Waals surface area contributed by atoms with Gasteiger partial charge in [-0.25, -0.2) is 22.9 Å². The minimum absolute atomic E-state index is 0.0653. The van der Waals surface area contributed by atoms with Gasteiger partial charge in [-0.3, -0.25) is 0 Å². The topological polar surface area (TPSA) is 70.1 Å². The van der Waals surface area contributed by atoms with Gasteiger partial charge in [0.05, 0.1) is 12.1 Å². The predicted molar refractivity (Wildman–Crippen MR) is 88.8 cm³/mol. The van der Waals surface area contributed by atoms with Gasteiger partial charge in [0, 0.05) is 22.8 Å². The molecule has 25 heavy (non-hydrogen) atoms. The van der Waals surface area contributed by atoms with Crippen molar-refractivity contribution < 1.29 is 22.7 Å². The molecule has 0 radical (unpaired) electrons. The van der Waals surface area contributed by atoms with Crippen LogP contribution in [0, 0.1) is 5.82 Å². The second-order valence-electron chi connectivity index (χ2n) is 5.68. The van der Waals surface area contributed by atoms with E-state index in [1.165, 1.54) is 29.7 Å². The zero-order chi connectivity index (χ0) is 18.8. The Balaban J connectivity index is 2.43. The van der Waals surface area contributed by atoms with Gasteiger partial charge in [0.1, 0.15) is 11.5 Å². The monoisotopic (exact) mass is 419 g/mol. The summed E-state index contributed by atoms with van der Waals surface area (Å²) in [6, 6.07) is 4.27. The Morgan fingerprint density at radius 1 is 1.48 bits per heavy atom. The van der Waals surface area contributed by atoms with Gasteiger partial charge in [-0.2, -0.15) is 0 Å². The average molecular weight is 420 g/mol. The number of hydrogen-bond acceptors (Lipinski definition) is 4. The number of esters is 1. The first-order chi connectivity index (χ1) is 11.7. The second-order valence-corrected chi connectivity index (χ2v) is 6.60. The molecule has 9 heteroatoms. The van der Waals surface area contributed by atoms with Crippen LogP contribution in [-0.2, 0) is 16.8 Å².